The maximum atomic E-state index is 4.23. The van der Waals surface area contributed by atoms with Crippen LogP contribution in [0.1, 0.15) is 18.5 Å². The van der Waals surface area contributed by atoms with Crippen LogP contribution < -0.4 is 5.32 Å². The summed E-state index contributed by atoms with van der Waals surface area (Å²) in [6.07, 6.45) is 4.45. The molecule has 1 saturated heterocycles. The Morgan fingerprint density at radius 2 is 2.62 bits per heavy atom. The number of aromatic nitrogens is 2. The van der Waals surface area contributed by atoms with E-state index in [4.69, 9.17) is 0 Å². The first-order valence-corrected chi connectivity index (χ1v) is 5.86. The van der Waals surface area contributed by atoms with Gasteiger partial charge in [0.2, 0.25) is 5.95 Å². The van der Waals surface area contributed by atoms with Crippen LogP contribution in [0.25, 0.3) is 0 Å². The summed E-state index contributed by atoms with van der Waals surface area (Å²) in [5.74, 6) is 3.44. The number of aromatic amines is 1. The zero-order chi connectivity index (χ0) is 9.10. The van der Waals surface area contributed by atoms with Gasteiger partial charge in [0.05, 0.1) is 0 Å². The zero-order valence-electron chi connectivity index (χ0n) is 7.84. The maximum Gasteiger partial charge on any atom is 0.200 e. The molecule has 0 aromatic carbocycles. The zero-order valence-corrected chi connectivity index (χ0v) is 8.66. The molecule has 1 aromatic heterocycles. The highest BCUT2D eigenvalue weighted by molar-refractivity contribution is 7.99. The summed E-state index contributed by atoms with van der Waals surface area (Å²) in [5.41, 5.74) is 1.12. The predicted octanol–water partition coefficient (Wildman–Crippen LogP) is 2.03. The molecule has 1 aromatic rings. The lowest BCUT2D eigenvalue weighted by Crippen LogP contribution is -2.26. The van der Waals surface area contributed by atoms with Crippen LogP contribution in [0.5, 0.6) is 0 Å². The Morgan fingerprint density at radius 1 is 1.69 bits per heavy atom. The smallest absolute Gasteiger partial charge is 0.200 e. The molecule has 0 amide bonds. The van der Waals surface area contributed by atoms with Crippen molar-refractivity contribution in [1.29, 1.82) is 0 Å². The molecule has 0 saturated carbocycles. The molecule has 2 N–H and O–H groups in total. The number of H-pyrrole nitrogens is 1. The summed E-state index contributed by atoms with van der Waals surface area (Å²) in [7, 11) is 0. The summed E-state index contributed by atoms with van der Waals surface area (Å²) in [4.78, 5) is 7.43. The highest BCUT2D eigenvalue weighted by atomic mass is 32.2. The topological polar surface area (TPSA) is 40.7 Å². The minimum atomic E-state index is 0.601. The van der Waals surface area contributed by atoms with Gasteiger partial charge in [0.25, 0.3) is 0 Å². The van der Waals surface area contributed by atoms with E-state index in [9.17, 15) is 0 Å². The van der Waals surface area contributed by atoms with E-state index in [0.29, 0.717) is 6.04 Å². The molecule has 1 fully saturated rings. The van der Waals surface area contributed by atoms with E-state index < -0.39 is 0 Å². The highest BCUT2D eigenvalue weighted by Gasteiger charge is 2.13. The van der Waals surface area contributed by atoms with Gasteiger partial charge in [0, 0.05) is 23.7 Å². The molecule has 0 bridgehead atoms. The van der Waals surface area contributed by atoms with Gasteiger partial charge >= 0.3 is 0 Å². The second-order valence-corrected chi connectivity index (χ2v) is 4.62. The molecule has 72 valence electrons. The third-order valence-corrected chi connectivity index (χ3v) is 3.42. The fourth-order valence-electron chi connectivity index (χ4n) is 1.53. The van der Waals surface area contributed by atoms with Crippen LogP contribution >= 0.6 is 11.8 Å². The number of thioether (sulfide) groups is 1. The van der Waals surface area contributed by atoms with Crippen molar-refractivity contribution in [1.82, 2.24) is 9.97 Å². The number of anilines is 1. The minimum absolute atomic E-state index is 0.601. The first-order chi connectivity index (χ1) is 6.34. The SMILES string of the molecule is Cc1cnc(NC2CCCSC2)[nH]1. The van der Waals surface area contributed by atoms with E-state index in [-0.39, 0.29) is 0 Å². The minimum Gasteiger partial charge on any atom is -0.352 e. The molecule has 2 rings (SSSR count). The normalized spacial score (nSPS) is 23.0. The van der Waals surface area contributed by atoms with Gasteiger partial charge in [-0.1, -0.05) is 0 Å². The predicted molar refractivity (Wildman–Crippen MR) is 57.3 cm³/mol. The third-order valence-electron chi connectivity index (χ3n) is 2.20. The molecule has 3 nitrogen and oxygen atoms in total. The van der Waals surface area contributed by atoms with E-state index in [1.165, 1.54) is 24.3 Å². The van der Waals surface area contributed by atoms with Crippen LogP contribution in [0.15, 0.2) is 6.20 Å². The largest absolute Gasteiger partial charge is 0.352 e. The number of aryl methyl sites for hydroxylation is 1. The molecule has 1 aliphatic heterocycles. The maximum absolute atomic E-state index is 4.23. The lowest BCUT2D eigenvalue weighted by molar-refractivity contribution is 0.680. The van der Waals surface area contributed by atoms with Gasteiger partial charge < -0.3 is 10.3 Å². The van der Waals surface area contributed by atoms with Crippen molar-refractivity contribution >= 4 is 17.7 Å². The van der Waals surface area contributed by atoms with E-state index in [0.717, 1.165) is 11.6 Å². The Labute approximate surface area is 82.7 Å². The van der Waals surface area contributed by atoms with Crippen molar-refractivity contribution in [3.63, 3.8) is 0 Å². The van der Waals surface area contributed by atoms with Crippen LogP contribution in [0, 0.1) is 6.92 Å². The van der Waals surface area contributed by atoms with Crippen LogP contribution in [-0.4, -0.2) is 27.5 Å². The number of nitrogens with zero attached hydrogens (tertiary/aromatic N) is 1. The molecule has 0 aliphatic carbocycles. The average Bonchev–Trinajstić information content (AvgIpc) is 2.53. The van der Waals surface area contributed by atoms with Crippen molar-refractivity contribution in [2.75, 3.05) is 16.8 Å². The summed E-state index contributed by atoms with van der Waals surface area (Å²) >= 11 is 2.02. The monoisotopic (exact) mass is 197 g/mol. The van der Waals surface area contributed by atoms with Gasteiger partial charge in [-0.3, -0.25) is 0 Å². The molecule has 2 heterocycles. The first kappa shape index (κ1) is 8.94. The lowest BCUT2D eigenvalue weighted by atomic mass is 10.2. The second-order valence-electron chi connectivity index (χ2n) is 3.47. The Morgan fingerprint density at radius 3 is 3.23 bits per heavy atom. The molecular formula is C9H15N3S. The summed E-state index contributed by atoms with van der Waals surface area (Å²) in [6, 6.07) is 0.601. The number of rotatable bonds is 2. The molecule has 1 atom stereocenters. The summed E-state index contributed by atoms with van der Waals surface area (Å²) in [6.45, 7) is 2.02. The molecule has 13 heavy (non-hydrogen) atoms. The Kier molecular flexibility index (Phi) is 2.78. The number of hydrogen-bond acceptors (Lipinski definition) is 3. The number of hydrogen-bond donors (Lipinski definition) is 2. The highest BCUT2D eigenvalue weighted by Crippen LogP contribution is 2.19. The Hall–Kier alpha value is -0.640. The van der Waals surface area contributed by atoms with Gasteiger partial charge in [-0.25, -0.2) is 4.98 Å². The molecule has 4 heteroatoms. The molecular weight excluding hydrogens is 182 g/mol. The van der Waals surface area contributed by atoms with Gasteiger partial charge in [-0.2, -0.15) is 11.8 Å². The summed E-state index contributed by atoms with van der Waals surface area (Å²) < 4.78 is 0. The van der Waals surface area contributed by atoms with Crippen molar-refractivity contribution in [3.8, 4) is 0 Å². The first-order valence-electron chi connectivity index (χ1n) is 4.70. The average molecular weight is 197 g/mol. The van der Waals surface area contributed by atoms with E-state index in [1.807, 2.05) is 24.9 Å². The Bertz CT molecular complexity index is 266. The van der Waals surface area contributed by atoms with E-state index in [2.05, 4.69) is 15.3 Å². The van der Waals surface area contributed by atoms with Gasteiger partial charge in [-0.15, -0.1) is 0 Å². The number of imidazole rings is 1. The van der Waals surface area contributed by atoms with Crippen molar-refractivity contribution in [2.24, 2.45) is 0 Å². The van der Waals surface area contributed by atoms with E-state index >= 15 is 0 Å². The lowest BCUT2D eigenvalue weighted by Gasteiger charge is -2.21. The number of nitrogens with one attached hydrogen (secondary N) is 2. The van der Waals surface area contributed by atoms with Crippen molar-refractivity contribution in [2.45, 2.75) is 25.8 Å². The Balaban J connectivity index is 1.89. The van der Waals surface area contributed by atoms with Gasteiger partial charge in [0.15, 0.2) is 0 Å². The molecule has 1 unspecified atom stereocenters. The van der Waals surface area contributed by atoms with Gasteiger partial charge in [0.1, 0.15) is 0 Å². The van der Waals surface area contributed by atoms with Crippen molar-refractivity contribution in [3.05, 3.63) is 11.9 Å². The van der Waals surface area contributed by atoms with E-state index in [1.54, 1.807) is 0 Å². The van der Waals surface area contributed by atoms with Gasteiger partial charge in [-0.05, 0) is 25.5 Å². The standard InChI is InChI=1S/C9H15N3S/c1-7-5-10-9(11-7)12-8-3-2-4-13-6-8/h5,8H,2-4,6H2,1H3,(H2,10,11,12). The fraction of sp³-hybridized carbons (Fsp3) is 0.667. The molecule has 0 radical (unpaired) electrons. The second kappa shape index (κ2) is 4.05. The third kappa shape index (κ3) is 2.40. The fourth-order valence-corrected chi connectivity index (χ4v) is 2.61. The van der Waals surface area contributed by atoms with Crippen LogP contribution in [-0.2, 0) is 0 Å². The summed E-state index contributed by atoms with van der Waals surface area (Å²) in [5, 5.41) is 3.41. The molecule has 1 aliphatic rings. The van der Waals surface area contributed by atoms with Crippen LogP contribution in [0.4, 0.5) is 5.95 Å². The van der Waals surface area contributed by atoms with Crippen molar-refractivity contribution < 1.29 is 0 Å². The molecule has 0 spiro atoms. The quantitative estimate of drug-likeness (QED) is 0.762. The van der Waals surface area contributed by atoms with Crippen LogP contribution in [0.3, 0.4) is 0 Å². The van der Waals surface area contributed by atoms with Crippen LogP contribution in [0.2, 0.25) is 0 Å².